The van der Waals surface area contributed by atoms with E-state index in [1.807, 2.05) is 6.92 Å². The number of carbonyl (C=O) groups excluding carboxylic acids is 1. The first-order valence-corrected chi connectivity index (χ1v) is 5.23. The van der Waals surface area contributed by atoms with Crippen LogP contribution in [0.25, 0.3) is 0 Å². The Kier molecular flexibility index (Phi) is 4.22. The first-order valence-electron chi connectivity index (χ1n) is 5.23. The molecule has 76 valence electrons. The number of hydrogen-bond acceptors (Lipinski definition) is 2. The monoisotopic (exact) mass is 184 g/mol. The summed E-state index contributed by atoms with van der Waals surface area (Å²) in [7, 11) is 0. The quantitative estimate of drug-likeness (QED) is 0.685. The molecule has 1 aliphatic carbocycles. The van der Waals surface area contributed by atoms with E-state index in [9.17, 15) is 4.79 Å². The molecule has 0 heterocycles. The molecule has 1 atom stereocenters. The molecule has 3 heteroatoms. The summed E-state index contributed by atoms with van der Waals surface area (Å²) in [5, 5.41) is 3.40. The minimum atomic E-state index is -0.205. The Bertz CT molecular complexity index is 164. The number of primary amides is 1. The molecule has 1 rings (SSSR count). The minimum Gasteiger partial charge on any atom is -0.369 e. The Labute approximate surface area is 80.1 Å². The van der Waals surface area contributed by atoms with Crippen molar-refractivity contribution < 1.29 is 4.79 Å². The summed E-state index contributed by atoms with van der Waals surface area (Å²) in [5.74, 6) is -0.245. The molecule has 0 aromatic heterocycles. The van der Waals surface area contributed by atoms with Crippen molar-refractivity contribution in [2.75, 3.05) is 6.54 Å². The van der Waals surface area contributed by atoms with Crippen LogP contribution < -0.4 is 11.1 Å². The van der Waals surface area contributed by atoms with Gasteiger partial charge in [0.15, 0.2) is 0 Å². The fraction of sp³-hybridized carbons (Fsp3) is 0.900. The van der Waals surface area contributed by atoms with Crippen LogP contribution in [0.15, 0.2) is 0 Å². The van der Waals surface area contributed by atoms with Crippen LogP contribution in [0.2, 0.25) is 0 Å². The molecule has 0 spiro atoms. The van der Waals surface area contributed by atoms with Gasteiger partial charge in [0, 0.05) is 18.5 Å². The van der Waals surface area contributed by atoms with Gasteiger partial charge in [0.25, 0.3) is 0 Å². The first kappa shape index (κ1) is 10.5. The smallest absolute Gasteiger partial charge is 0.221 e. The van der Waals surface area contributed by atoms with E-state index in [4.69, 9.17) is 5.73 Å². The van der Waals surface area contributed by atoms with Crippen LogP contribution in [-0.2, 0) is 4.79 Å². The molecule has 0 saturated heterocycles. The number of hydrogen-bond donors (Lipinski definition) is 2. The second kappa shape index (κ2) is 5.22. The summed E-state index contributed by atoms with van der Waals surface area (Å²) in [6.07, 6.45) is 6.52. The van der Waals surface area contributed by atoms with Gasteiger partial charge in [0.1, 0.15) is 0 Å². The Morgan fingerprint density at radius 1 is 1.46 bits per heavy atom. The predicted molar refractivity (Wildman–Crippen MR) is 53.2 cm³/mol. The van der Waals surface area contributed by atoms with Gasteiger partial charge in [0.05, 0.1) is 0 Å². The lowest BCUT2D eigenvalue weighted by Gasteiger charge is -2.23. The average molecular weight is 184 g/mol. The van der Waals surface area contributed by atoms with E-state index in [1.165, 1.54) is 32.1 Å². The Hall–Kier alpha value is -0.570. The molecule has 0 aromatic carbocycles. The molecule has 0 bridgehead atoms. The van der Waals surface area contributed by atoms with E-state index < -0.39 is 0 Å². The van der Waals surface area contributed by atoms with Crippen molar-refractivity contribution in [3.05, 3.63) is 0 Å². The lowest BCUT2D eigenvalue weighted by atomic mass is 9.95. The third kappa shape index (κ3) is 3.77. The summed E-state index contributed by atoms with van der Waals surface area (Å²) >= 11 is 0. The zero-order valence-electron chi connectivity index (χ0n) is 8.38. The van der Waals surface area contributed by atoms with Gasteiger partial charge < -0.3 is 11.1 Å². The van der Waals surface area contributed by atoms with Gasteiger partial charge in [0.2, 0.25) is 5.91 Å². The van der Waals surface area contributed by atoms with Gasteiger partial charge in [-0.05, 0) is 12.8 Å². The standard InChI is InChI=1S/C10H20N2O/c1-8(10(11)13)7-12-9-5-3-2-4-6-9/h8-9,12H,2-7H2,1H3,(H2,11,13). The molecule has 1 fully saturated rings. The van der Waals surface area contributed by atoms with E-state index in [0.717, 1.165) is 6.54 Å². The summed E-state index contributed by atoms with van der Waals surface area (Å²) in [4.78, 5) is 10.8. The highest BCUT2D eigenvalue weighted by Gasteiger charge is 2.15. The molecule has 3 N–H and O–H groups in total. The fourth-order valence-corrected chi connectivity index (χ4v) is 1.75. The first-order chi connectivity index (χ1) is 6.20. The van der Waals surface area contributed by atoms with E-state index in [1.54, 1.807) is 0 Å². The average Bonchev–Trinajstić information content (AvgIpc) is 2.15. The number of rotatable bonds is 4. The van der Waals surface area contributed by atoms with Crippen molar-refractivity contribution >= 4 is 5.91 Å². The van der Waals surface area contributed by atoms with Crippen molar-refractivity contribution in [1.29, 1.82) is 0 Å². The van der Waals surface area contributed by atoms with Crippen LogP contribution in [-0.4, -0.2) is 18.5 Å². The molecule has 1 saturated carbocycles. The topological polar surface area (TPSA) is 55.1 Å². The largest absolute Gasteiger partial charge is 0.369 e. The van der Waals surface area contributed by atoms with Crippen LogP contribution in [0.4, 0.5) is 0 Å². The van der Waals surface area contributed by atoms with Gasteiger partial charge in [-0.2, -0.15) is 0 Å². The summed E-state index contributed by atoms with van der Waals surface area (Å²) in [6.45, 7) is 2.61. The molecule has 0 radical (unpaired) electrons. The van der Waals surface area contributed by atoms with Crippen molar-refractivity contribution in [2.45, 2.75) is 45.1 Å². The molecule has 3 nitrogen and oxygen atoms in total. The third-order valence-corrected chi connectivity index (χ3v) is 2.80. The van der Waals surface area contributed by atoms with E-state index in [-0.39, 0.29) is 11.8 Å². The van der Waals surface area contributed by atoms with Crippen LogP contribution >= 0.6 is 0 Å². The van der Waals surface area contributed by atoms with Gasteiger partial charge in [-0.3, -0.25) is 4.79 Å². The maximum Gasteiger partial charge on any atom is 0.221 e. The molecule has 1 amide bonds. The zero-order valence-corrected chi connectivity index (χ0v) is 8.38. The Morgan fingerprint density at radius 2 is 2.08 bits per heavy atom. The highest BCUT2D eigenvalue weighted by molar-refractivity contribution is 5.76. The fourth-order valence-electron chi connectivity index (χ4n) is 1.75. The molecular weight excluding hydrogens is 164 g/mol. The Morgan fingerprint density at radius 3 is 2.62 bits per heavy atom. The maximum absolute atomic E-state index is 10.8. The predicted octanol–water partition coefficient (Wildman–Crippen LogP) is 1.03. The van der Waals surface area contributed by atoms with Crippen molar-refractivity contribution in [2.24, 2.45) is 11.7 Å². The Balaban J connectivity index is 2.13. The van der Waals surface area contributed by atoms with Gasteiger partial charge in [-0.25, -0.2) is 0 Å². The van der Waals surface area contributed by atoms with E-state index in [0.29, 0.717) is 6.04 Å². The molecule has 1 aliphatic rings. The normalized spacial score (nSPS) is 21.3. The summed E-state index contributed by atoms with van der Waals surface area (Å²) in [5.41, 5.74) is 5.17. The van der Waals surface area contributed by atoms with E-state index in [2.05, 4.69) is 5.32 Å². The maximum atomic E-state index is 10.8. The summed E-state index contributed by atoms with van der Waals surface area (Å²) < 4.78 is 0. The molecule has 13 heavy (non-hydrogen) atoms. The van der Waals surface area contributed by atoms with Crippen LogP contribution in [0.1, 0.15) is 39.0 Å². The third-order valence-electron chi connectivity index (χ3n) is 2.80. The molecule has 0 aliphatic heterocycles. The van der Waals surface area contributed by atoms with Crippen molar-refractivity contribution in [3.63, 3.8) is 0 Å². The van der Waals surface area contributed by atoms with Gasteiger partial charge >= 0.3 is 0 Å². The lowest BCUT2D eigenvalue weighted by molar-refractivity contribution is -0.121. The minimum absolute atomic E-state index is 0.0399. The van der Waals surface area contributed by atoms with Crippen LogP contribution in [0.5, 0.6) is 0 Å². The molecular formula is C10H20N2O. The highest BCUT2D eigenvalue weighted by atomic mass is 16.1. The molecule has 0 aromatic rings. The second-order valence-corrected chi connectivity index (χ2v) is 4.05. The van der Waals surface area contributed by atoms with Crippen LogP contribution in [0.3, 0.4) is 0 Å². The lowest BCUT2D eigenvalue weighted by Crippen LogP contribution is -2.38. The zero-order chi connectivity index (χ0) is 9.68. The summed E-state index contributed by atoms with van der Waals surface area (Å²) in [6, 6.07) is 0.621. The van der Waals surface area contributed by atoms with Gasteiger partial charge in [-0.15, -0.1) is 0 Å². The SMILES string of the molecule is CC(CNC1CCCCC1)C(N)=O. The van der Waals surface area contributed by atoms with Crippen LogP contribution in [0, 0.1) is 5.92 Å². The van der Waals surface area contributed by atoms with E-state index >= 15 is 0 Å². The van der Waals surface area contributed by atoms with Crippen molar-refractivity contribution in [1.82, 2.24) is 5.32 Å². The number of nitrogens with two attached hydrogens (primary N) is 1. The molecule has 1 unspecified atom stereocenters. The number of amides is 1. The van der Waals surface area contributed by atoms with Gasteiger partial charge in [-0.1, -0.05) is 26.2 Å². The highest BCUT2D eigenvalue weighted by Crippen LogP contribution is 2.17. The van der Waals surface area contributed by atoms with Crippen molar-refractivity contribution in [3.8, 4) is 0 Å². The number of carbonyl (C=O) groups is 1. The number of nitrogens with one attached hydrogen (secondary N) is 1. The second-order valence-electron chi connectivity index (χ2n) is 4.05.